The molecule has 0 spiro atoms. The molecular weight excluding hydrogens is 246 g/mol. The van der Waals surface area contributed by atoms with Gasteiger partial charge in [0, 0.05) is 26.4 Å². The number of aromatic nitrogens is 2. The maximum absolute atomic E-state index is 9.66. The maximum atomic E-state index is 9.66. The molecule has 0 radical (unpaired) electrons. The van der Waals surface area contributed by atoms with Crippen LogP contribution in [0, 0.1) is 0 Å². The molecule has 1 unspecified atom stereocenters. The van der Waals surface area contributed by atoms with Crippen molar-refractivity contribution in [1.82, 2.24) is 15.1 Å². The third-order valence-corrected chi connectivity index (χ3v) is 2.62. The quantitative estimate of drug-likeness (QED) is 0.553. The molecule has 0 aliphatic carbocycles. The molecule has 0 saturated carbocycles. The molecule has 1 rings (SSSR count). The molecule has 2 N–H and O–H groups in total. The number of nitrogens with one attached hydrogen (secondary N) is 1. The summed E-state index contributed by atoms with van der Waals surface area (Å²) >= 11 is 0. The Balaban J connectivity index is 1.93. The van der Waals surface area contributed by atoms with Crippen molar-refractivity contribution < 1.29 is 14.6 Å². The molecule has 0 saturated heterocycles. The van der Waals surface area contributed by atoms with Gasteiger partial charge in [-0.3, -0.25) is 4.68 Å². The molecule has 1 aromatic heterocycles. The molecule has 0 aromatic carbocycles. The SMILES string of the molecule is CCOCCOCC(O)CNCCc1cnn(C)c1. The van der Waals surface area contributed by atoms with Crippen LogP contribution in [0.2, 0.25) is 0 Å². The summed E-state index contributed by atoms with van der Waals surface area (Å²) in [5, 5.41) is 17.0. The van der Waals surface area contributed by atoms with Crippen LogP contribution in [0.3, 0.4) is 0 Å². The zero-order valence-electron chi connectivity index (χ0n) is 11.8. The Morgan fingerprint density at radius 1 is 1.42 bits per heavy atom. The number of rotatable bonds is 11. The lowest BCUT2D eigenvalue weighted by atomic mass is 10.2. The summed E-state index contributed by atoms with van der Waals surface area (Å²) in [6.07, 6.45) is 4.28. The van der Waals surface area contributed by atoms with Gasteiger partial charge in [-0.25, -0.2) is 0 Å². The number of hydrogen-bond donors (Lipinski definition) is 2. The van der Waals surface area contributed by atoms with Crippen molar-refractivity contribution >= 4 is 0 Å². The van der Waals surface area contributed by atoms with Gasteiger partial charge in [0.05, 0.1) is 32.1 Å². The van der Waals surface area contributed by atoms with Crippen LogP contribution in [0.1, 0.15) is 12.5 Å². The van der Waals surface area contributed by atoms with Gasteiger partial charge in [-0.15, -0.1) is 0 Å². The molecule has 1 heterocycles. The first-order valence-corrected chi connectivity index (χ1v) is 6.74. The Bertz CT molecular complexity index is 331. The average molecular weight is 271 g/mol. The second-order valence-corrected chi connectivity index (χ2v) is 4.40. The Morgan fingerprint density at radius 2 is 2.21 bits per heavy atom. The van der Waals surface area contributed by atoms with E-state index in [9.17, 15) is 5.11 Å². The number of hydrogen-bond acceptors (Lipinski definition) is 5. The van der Waals surface area contributed by atoms with Crippen LogP contribution < -0.4 is 5.32 Å². The zero-order chi connectivity index (χ0) is 13.9. The minimum Gasteiger partial charge on any atom is -0.389 e. The number of aliphatic hydroxyl groups is 1. The molecule has 6 nitrogen and oxygen atoms in total. The Morgan fingerprint density at radius 3 is 2.89 bits per heavy atom. The van der Waals surface area contributed by atoms with E-state index >= 15 is 0 Å². The summed E-state index contributed by atoms with van der Waals surface area (Å²) < 4.78 is 12.2. The Hall–Kier alpha value is -0.950. The van der Waals surface area contributed by atoms with Gasteiger partial charge in [0.25, 0.3) is 0 Å². The van der Waals surface area contributed by atoms with Crippen molar-refractivity contribution in [2.24, 2.45) is 7.05 Å². The van der Waals surface area contributed by atoms with E-state index in [1.165, 1.54) is 5.56 Å². The van der Waals surface area contributed by atoms with E-state index < -0.39 is 6.10 Å². The van der Waals surface area contributed by atoms with Gasteiger partial charge in [0.15, 0.2) is 0 Å². The topological polar surface area (TPSA) is 68.5 Å². The first-order valence-electron chi connectivity index (χ1n) is 6.74. The highest BCUT2D eigenvalue weighted by Crippen LogP contribution is 1.96. The van der Waals surface area contributed by atoms with E-state index in [-0.39, 0.29) is 0 Å². The van der Waals surface area contributed by atoms with Gasteiger partial charge < -0.3 is 19.9 Å². The van der Waals surface area contributed by atoms with Crippen LogP contribution in [0.25, 0.3) is 0 Å². The van der Waals surface area contributed by atoms with Crippen LogP contribution in [-0.4, -0.2) is 60.5 Å². The molecule has 110 valence electrons. The van der Waals surface area contributed by atoms with Gasteiger partial charge in [0.1, 0.15) is 0 Å². The van der Waals surface area contributed by atoms with Crippen LogP contribution >= 0.6 is 0 Å². The van der Waals surface area contributed by atoms with Gasteiger partial charge in [0.2, 0.25) is 0 Å². The lowest BCUT2D eigenvalue weighted by Gasteiger charge is -2.12. The number of nitrogens with zero attached hydrogens (tertiary/aromatic N) is 2. The highest BCUT2D eigenvalue weighted by molar-refractivity contribution is 5.03. The van der Waals surface area contributed by atoms with Gasteiger partial charge in [-0.2, -0.15) is 5.10 Å². The Labute approximate surface area is 114 Å². The summed E-state index contributed by atoms with van der Waals surface area (Å²) in [6, 6.07) is 0. The highest BCUT2D eigenvalue weighted by atomic mass is 16.5. The summed E-state index contributed by atoms with van der Waals surface area (Å²) in [5.74, 6) is 0. The van der Waals surface area contributed by atoms with Crippen molar-refractivity contribution in [3.8, 4) is 0 Å². The second-order valence-electron chi connectivity index (χ2n) is 4.40. The van der Waals surface area contributed by atoms with E-state index in [1.54, 1.807) is 4.68 Å². The fourth-order valence-electron chi connectivity index (χ4n) is 1.64. The van der Waals surface area contributed by atoms with Gasteiger partial charge in [-0.05, 0) is 25.5 Å². The lowest BCUT2D eigenvalue weighted by Crippen LogP contribution is -2.32. The third-order valence-electron chi connectivity index (χ3n) is 2.62. The van der Waals surface area contributed by atoms with Crippen molar-refractivity contribution in [2.75, 3.05) is 39.5 Å². The molecule has 1 atom stereocenters. The van der Waals surface area contributed by atoms with E-state index in [1.807, 2.05) is 26.4 Å². The third kappa shape index (κ3) is 7.94. The first-order chi connectivity index (χ1) is 9.22. The van der Waals surface area contributed by atoms with E-state index in [0.717, 1.165) is 13.0 Å². The van der Waals surface area contributed by atoms with Crippen LogP contribution in [0.15, 0.2) is 12.4 Å². The number of aliphatic hydroxyl groups excluding tert-OH is 1. The van der Waals surface area contributed by atoms with Crippen molar-refractivity contribution in [3.05, 3.63) is 18.0 Å². The molecule has 0 amide bonds. The smallest absolute Gasteiger partial charge is 0.0897 e. The van der Waals surface area contributed by atoms with Crippen molar-refractivity contribution in [3.63, 3.8) is 0 Å². The zero-order valence-corrected chi connectivity index (χ0v) is 11.8. The van der Waals surface area contributed by atoms with Crippen molar-refractivity contribution in [2.45, 2.75) is 19.4 Å². The molecular formula is C13H25N3O3. The van der Waals surface area contributed by atoms with E-state index in [4.69, 9.17) is 9.47 Å². The molecule has 6 heteroatoms. The van der Waals surface area contributed by atoms with E-state index in [0.29, 0.717) is 33.0 Å². The number of ether oxygens (including phenoxy) is 2. The fraction of sp³-hybridized carbons (Fsp3) is 0.769. The molecule has 0 bridgehead atoms. The molecule has 19 heavy (non-hydrogen) atoms. The first kappa shape index (κ1) is 16.1. The largest absolute Gasteiger partial charge is 0.389 e. The van der Waals surface area contributed by atoms with Crippen LogP contribution in [0.4, 0.5) is 0 Å². The molecule has 1 aromatic rings. The minimum atomic E-state index is -0.476. The predicted molar refractivity (Wildman–Crippen MR) is 73.1 cm³/mol. The monoisotopic (exact) mass is 271 g/mol. The summed E-state index contributed by atoms with van der Waals surface area (Å²) in [5.41, 5.74) is 1.19. The van der Waals surface area contributed by atoms with Crippen LogP contribution in [-0.2, 0) is 22.9 Å². The van der Waals surface area contributed by atoms with Crippen molar-refractivity contribution in [1.29, 1.82) is 0 Å². The molecule has 0 aliphatic rings. The summed E-state index contributed by atoms with van der Waals surface area (Å²) in [6.45, 7) is 5.45. The Kier molecular flexibility index (Phi) is 8.40. The van der Waals surface area contributed by atoms with Gasteiger partial charge in [-0.1, -0.05) is 0 Å². The molecule has 0 aliphatic heterocycles. The van der Waals surface area contributed by atoms with E-state index in [2.05, 4.69) is 10.4 Å². The normalized spacial score (nSPS) is 12.8. The van der Waals surface area contributed by atoms with Crippen LogP contribution in [0.5, 0.6) is 0 Å². The second kappa shape index (κ2) is 9.91. The lowest BCUT2D eigenvalue weighted by molar-refractivity contribution is 0.00660. The van der Waals surface area contributed by atoms with Gasteiger partial charge >= 0.3 is 0 Å². The standard InChI is InChI=1S/C13H25N3O3/c1-3-18-6-7-19-11-13(17)9-14-5-4-12-8-15-16(2)10-12/h8,10,13-14,17H,3-7,9,11H2,1-2H3. The summed E-state index contributed by atoms with van der Waals surface area (Å²) in [7, 11) is 1.90. The minimum absolute atomic E-state index is 0.340. The average Bonchev–Trinajstić information content (AvgIpc) is 2.80. The maximum Gasteiger partial charge on any atom is 0.0897 e. The highest BCUT2D eigenvalue weighted by Gasteiger charge is 2.03. The predicted octanol–water partition coefficient (Wildman–Crippen LogP) is -0.0338. The molecule has 0 fully saturated rings. The summed E-state index contributed by atoms with van der Waals surface area (Å²) in [4.78, 5) is 0. The number of aryl methyl sites for hydroxylation is 1. The fourth-order valence-corrected chi connectivity index (χ4v) is 1.64.